The van der Waals surface area contributed by atoms with Gasteiger partial charge in [-0.2, -0.15) is 4.98 Å². The molecule has 1 aromatic heterocycles. The van der Waals surface area contributed by atoms with E-state index in [1.807, 2.05) is 46.8 Å². The van der Waals surface area contributed by atoms with Crippen LogP contribution in [0.4, 0.5) is 4.79 Å². The Kier molecular flexibility index (Phi) is 6.23. The van der Waals surface area contributed by atoms with Gasteiger partial charge in [-0.25, -0.2) is 4.79 Å². The molecule has 26 heavy (non-hydrogen) atoms. The normalized spacial score (nSPS) is 11.3. The SMILES string of the molecule is Cc1cc(C)cc(OCc2nc(CCN(C)C(=O)NC(C)(C)C)no2)c1. The molecule has 7 heteroatoms. The lowest BCUT2D eigenvalue weighted by Gasteiger charge is -2.25. The van der Waals surface area contributed by atoms with E-state index in [0.717, 1.165) is 16.9 Å². The van der Waals surface area contributed by atoms with Crippen LogP contribution in [-0.2, 0) is 13.0 Å². The van der Waals surface area contributed by atoms with E-state index < -0.39 is 0 Å². The lowest BCUT2D eigenvalue weighted by molar-refractivity contribution is 0.199. The molecule has 2 amide bonds. The summed E-state index contributed by atoms with van der Waals surface area (Å²) in [7, 11) is 1.74. The van der Waals surface area contributed by atoms with E-state index in [9.17, 15) is 4.79 Å². The predicted octanol–water partition coefficient (Wildman–Crippen LogP) is 3.25. The Labute approximate surface area is 154 Å². The highest BCUT2D eigenvalue weighted by molar-refractivity contribution is 5.74. The summed E-state index contributed by atoms with van der Waals surface area (Å²) >= 11 is 0. The lowest BCUT2D eigenvalue weighted by Crippen LogP contribution is -2.47. The van der Waals surface area contributed by atoms with Gasteiger partial charge in [-0.15, -0.1) is 0 Å². The van der Waals surface area contributed by atoms with Gasteiger partial charge in [0.2, 0.25) is 0 Å². The van der Waals surface area contributed by atoms with Crippen molar-refractivity contribution in [3.05, 3.63) is 41.0 Å². The number of aryl methyl sites for hydroxylation is 2. The second kappa shape index (κ2) is 8.21. The maximum atomic E-state index is 12.0. The van der Waals surface area contributed by atoms with Crippen LogP contribution in [0.2, 0.25) is 0 Å². The van der Waals surface area contributed by atoms with E-state index >= 15 is 0 Å². The summed E-state index contributed by atoms with van der Waals surface area (Å²) in [4.78, 5) is 17.9. The molecule has 0 saturated carbocycles. The van der Waals surface area contributed by atoms with E-state index in [0.29, 0.717) is 24.7 Å². The van der Waals surface area contributed by atoms with E-state index in [4.69, 9.17) is 9.26 Å². The molecular weight excluding hydrogens is 332 g/mol. The second-order valence-electron chi connectivity index (χ2n) is 7.57. The highest BCUT2D eigenvalue weighted by Gasteiger charge is 2.17. The molecule has 0 aliphatic heterocycles. The van der Waals surface area contributed by atoms with Gasteiger partial charge >= 0.3 is 6.03 Å². The number of likely N-dealkylation sites (N-methyl/N-ethyl adjacent to an activating group) is 1. The van der Waals surface area contributed by atoms with Gasteiger partial charge in [0.15, 0.2) is 12.4 Å². The molecule has 1 heterocycles. The molecule has 0 aliphatic rings. The smallest absolute Gasteiger partial charge is 0.317 e. The van der Waals surface area contributed by atoms with E-state index in [-0.39, 0.29) is 18.2 Å². The number of rotatable bonds is 6. The summed E-state index contributed by atoms with van der Waals surface area (Å²) in [5.74, 6) is 1.75. The fourth-order valence-corrected chi connectivity index (χ4v) is 2.40. The minimum atomic E-state index is -0.268. The van der Waals surface area contributed by atoms with Crippen molar-refractivity contribution in [3.8, 4) is 5.75 Å². The van der Waals surface area contributed by atoms with Crippen LogP contribution in [-0.4, -0.2) is 40.2 Å². The monoisotopic (exact) mass is 360 g/mol. The molecule has 2 aromatic rings. The third kappa shape index (κ3) is 6.38. The Morgan fingerprint density at radius 1 is 1.23 bits per heavy atom. The zero-order chi connectivity index (χ0) is 19.3. The molecule has 0 bridgehead atoms. The van der Waals surface area contributed by atoms with E-state index in [2.05, 4.69) is 21.5 Å². The highest BCUT2D eigenvalue weighted by Crippen LogP contribution is 2.17. The van der Waals surface area contributed by atoms with Crippen molar-refractivity contribution < 1.29 is 14.1 Å². The predicted molar refractivity (Wildman–Crippen MR) is 99.2 cm³/mol. The molecule has 142 valence electrons. The maximum Gasteiger partial charge on any atom is 0.317 e. The summed E-state index contributed by atoms with van der Waals surface area (Å²) in [5, 5.41) is 6.86. The number of carbonyl (C=O) groups excluding carboxylic acids is 1. The summed E-state index contributed by atoms with van der Waals surface area (Å²) in [6.45, 7) is 10.6. The fraction of sp³-hybridized carbons (Fsp3) is 0.526. The van der Waals surface area contributed by atoms with E-state index in [1.54, 1.807) is 11.9 Å². The topological polar surface area (TPSA) is 80.5 Å². The van der Waals surface area contributed by atoms with Gasteiger partial charge in [0.05, 0.1) is 0 Å². The van der Waals surface area contributed by atoms with Gasteiger partial charge in [0, 0.05) is 25.6 Å². The quantitative estimate of drug-likeness (QED) is 0.855. The molecule has 2 rings (SSSR count). The van der Waals surface area contributed by atoms with Crippen molar-refractivity contribution in [1.82, 2.24) is 20.4 Å². The minimum absolute atomic E-state index is 0.126. The van der Waals surface area contributed by atoms with Gasteiger partial charge in [0.1, 0.15) is 5.75 Å². The minimum Gasteiger partial charge on any atom is -0.484 e. The van der Waals surface area contributed by atoms with Crippen molar-refractivity contribution in [3.63, 3.8) is 0 Å². The maximum absolute atomic E-state index is 12.0. The Hall–Kier alpha value is -2.57. The summed E-state index contributed by atoms with van der Waals surface area (Å²) in [5.41, 5.74) is 2.02. The number of nitrogens with zero attached hydrogens (tertiary/aromatic N) is 3. The first kappa shape index (κ1) is 19.8. The van der Waals surface area contributed by atoms with Gasteiger partial charge in [-0.05, 0) is 57.9 Å². The fourth-order valence-electron chi connectivity index (χ4n) is 2.40. The van der Waals surface area contributed by atoms with Crippen molar-refractivity contribution in [2.75, 3.05) is 13.6 Å². The first-order valence-corrected chi connectivity index (χ1v) is 8.68. The van der Waals surface area contributed by atoms with Crippen molar-refractivity contribution >= 4 is 6.03 Å². The molecule has 1 aromatic carbocycles. The zero-order valence-electron chi connectivity index (χ0n) is 16.4. The van der Waals surface area contributed by atoms with Crippen LogP contribution in [0, 0.1) is 13.8 Å². The number of aromatic nitrogens is 2. The van der Waals surface area contributed by atoms with Crippen molar-refractivity contribution in [2.24, 2.45) is 0 Å². The summed E-state index contributed by atoms with van der Waals surface area (Å²) < 4.78 is 10.9. The molecule has 0 spiro atoms. The first-order chi connectivity index (χ1) is 12.1. The second-order valence-corrected chi connectivity index (χ2v) is 7.57. The number of benzene rings is 1. The number of hydrogen-bond donors (Lipinski definition) is 1. The highest BCUT2D eigenvalue weighted by atomic mass is 16.5. The molecular formula is C19H28N4O3. The third-order valence-corrected chi connectivity index (χ3v) is 3.57. The first-order valence-electron chi connectivity index (χ1n) is 8.68. The molecule has 7 nitrogen and oxygen atoms in total. The number of ether oxygens (including phenoxy) is 1. The molecule has 1 N–H and O–H groups in total. The summed E-state index contributed by atoms with van der Waals surface area (Å²) in [6, 6.07) is 5.89. The van der Waals surface area contributed by atoms with Gasteiger partial charge in [0.25, 0.3) is 5.89 Å². The Bertz CT molecular complexity index is 729. The number of amides is 2. The van der Waals surface area contributed by atoms with Gasteiger partial charge < -0.3 is 19.5 Å². The van der Waals surface area contributed by atoms with Crippen LogP contribution in [0.25, 0.3) is 0 Å². The number of nitrogens with one attached hydrogen (secondary N) is 1. The van der Waals surface area contributed by atoms with Crippen molar-refractivity contribution in [2.45, 2.75) is 53.2 Å². The van der Waals surface area contributed by atoms with Crippen LogP contribution in [0.15, 0.2) is 22.7 Å². The Morgan fingerprint density at radius 2 is 1.88 bits per heavy atom. The lowest BCUT2D eigenvalue weighted by atomic mass is 10.1. The summed E-state index contributed by atoms with van der Waals surface area (Å²) in [6.07, 6.45) is 0.515. The largest absolute Gasteiger partial charge is 0.484 e. The Morgan fingerprint density at radius 3 is 2.50 bits per heavy atom. The molecule has 0 radical (unpaired) electrons. The van der Waals surface area contributed by atoms with Crippen LogP contribution in [0.1, 0.15) is 43.6 Å². The van der Waals surface area contributed by atoms with Crippen LogP contribution in [0.5, 0.6) is 5.75 Å². The number of urea groups is 1. The standard InChI is InChI=1S/C19H28N4O3/c1-13-9-14(2)11-15(10-13)25-12-17-20-16(22-26-17)7-8-23(6)18(24)21-19(3,4)5/h9-11H,7-8,12H2,1-6H3,(H,21,24). The number of hydrogen-bond acceptors (Lipinski definition) is 5. The van der Waals surface area contributed by atoms with Crippen LogP contribution >= 0.6 is 0 Å². The average Bonchev–Trinajstić information content (AvgIpc) is 2.96. The molecule has 0 saturated heterocycles. The average molecular weight is 360 g/mol. The van der Waals surface area contributed by atoms with Crippen LogP contribution in [0.3, 0.4) is 0 Å². The van der Waals surface area contributed by atoms with Gasteiger partial charge in [-0.1, -0.05) is 11.2 Å². The zero-order valence-corrected chi connectivity index (χ0v) is 16.4. The number of carbonyl (C=O) groups is 1. The molecule has 0 unspecified atom stereocenters. The van der Waals surface area contributed by atoms with Gasteiger partial charge in [-0.3, -0.25) is 0 Å². The van der Waals surface area contributed by atoms with Crippen molar-refractivity contribution in [1.29, 1.82) is 0 Å². The molecule has 0 aliphatic carbocycles. The third-order valence-electron chi connectivity index (χ3n) is 3.57. The van der Waals surface area contributed by atoms with E-state index in [1.165, 1.54) is 0 Å². The molecule has 0 fully saturated rings. The molecule has 0 atom stereocenters. The van der Waals surface area contributed by atoms with Crippen LogP contribution < -0.4 is 10.1 Å². The Balaban J connectivity index is 1.83.